The molecule has 0 spiro atoms. The molecule has 0 radical (unpaired) electrons. The lowest BCUT2D eigenvalue weighted by Crippen LogP contribution is -2.28. The molecule has 0 saturated carbocycles. The molecule has 1 nitrogen and oxygen atoms in total. The van der Waals surface area contributed by atoms with Gasteiger partial charge in [-0.25, -0.2) is 0 Å². The number of halogens is 4. The summed E-state index contributed by atoms with van der Waals surface area (Å²) in [6.07, 6.45) is -4.17. The van der Waals surface area contributed by atoms with Crippen molar-refractivity contribution in [2.45, 2.75) is 19.6 Å². The zero-order chi connectivity index (χ0) is 11.5. The van der Waals surface area contributed by atoms with Crippen LogP contribution in [0.15, 0.2) is 18.2 Å². The predicted octanol–water partition coefficient (Wildman–Crippen LogP) is 3.30. The van der Waals surface area contributed by atoms with Crippen LogP contribution in [0.5, 0.6) is 0 Å². The summed E-state index contributed by atoms with van der Waals surface area (Å²) in [7, 11) is 0. The van der Waals surface area contributed by atoms with E-state index in [2.05, 4.69) is 5.32 Å². The van der Waals surface area contributed by atoms with E-state index in [-0.39, 0.29) is 6.54 Å². The molecule has 1 aromatic carbocycles. The Morgan fingerprint density at radius 2 is 2.00 bits per heavy atom. The Bertz CT molecular complexity index is 336. The van der Waals surface area contributed by atoms with E-state index >= 15 is 0 Å². The average Bonchev–Trinajstić information content (AvgIpc) is 2.09. The fraction of sp³-hybridized carbons (Fsp3) is 0.400. The maximum absolute atomic E-state index is 11.8. The summed E-state index contributed by atoms with van der Waals surface area (Å²) in [5, 5.41) is 2.88. The second kappa shape index (κ2) is 4.86. The van der Waals surface area contributed by atoms with Crippen LogP contribution in [0.4, 0.5) is 13.2 Å². The molecule has 84 valence electrons. The van der Waals surface area contributed by atoms with E-state index in [0.717, 1.165) is 11.1 Å². The number of hydrogen-bond donors (Lipinski definition) is 1. The summed E-state index contributed by atoms with van der Waals surface area (Å²) >= 11 is 5.83. The number of rotatable bonds is 3. The van der Waals surface area contributed by atoms with Crippen LogP contribution in [0.3, 0.4) is 0 Å². The summed E-state index contributed by atoms with van der Waals surface area (Å²) < 4.78 is 35.4. The van der Waals surface area contributed by atoms with E-state index in [0.29, 0.717) is 5.02 Å². The van der Waals surface area contributed by atoms with E-state index in [1.807, 2.05) is 6.92 Å². The normalized spacial score (nSPS) is 11.8. The van der Waals surface area contributed by atoms with Crippen LogP contribution in [0.2, 0.25) is 5.02 Å². The van der Waals surface area contributed by atoms with Crippen LogP contribution >= 0.6 is 11.6 Å². The Morgan fingerprint density at radius 1 is 1.33 bits per heavy atom. The van der Waals surface area contributed by atoms with Gasteiger partial charge in [0, 0.05) is 11.6 Å². The number of aryl methyl sites for hydroxylation is 1. The van der Waals surface area contributed by atoms with E-state index in [1.54, 1.807) is 18.2 Å². The Hall–Kier alpha value is -0.740. The zero-order valence-electron chi connectivity index (χ0n) is 8.16. The van der Waals surface area contributed by atoms with Crippen molar-refractivity contribution in [1.82, 2.24) is 5.32 Å². The molecule has 0 atom stereocenters. The Balaban J connectivity index is 2.48. The summed E-state index contributed by atoms with van der Waals surface area (Å²) in [6, 6.07) is 5.21. The highest BCUT2D eigenvalue weighted by Crippen LogP contribution is 2.17. The topological polar surface area (TPSA) is 12.0 Å². The summed E-state index contributed by atoms with van der Waals surface area (Å²) in [6.45, 7) is 1.02. The lowest BCUT2D eigenvalue weighted by molar-refractivity contribution is -0.125. The minimum absolute atomic E-state index is 0.166. The van der Waals surface area contributed by atoms with Gasteiger partial charge >= 0.3 is 6.18 Å². The largest absolute Gasteiger partial charge is 0.401 e. The SMILES string of the molecule is Cc1ccc(CNCC(F)(F)F)cc1Cl. The highest BCUT2D eigenvalue weighted by molar-refractivity contribution is 6.31. The zero-order valence-corrected chi connectivity index (χ0v) is 8.91. The molecule has 0 aromatic heterocycles. The maximum atomic E-state index is 11.8. The van der Waals surface area contributed by atoms with Crippen molar-refractivity contribution in [3.05, 3.63) is 34.3 Å². The van der Waals surface area contributed by atoms with Gasteiger partial charge in [-0.15, -0.1) is 0 Å². The molecule has 0 fully saturated rings. The van der Waals surface area contributed by atoms with Crippen molar-refractivity contribution >= 4 is 11.6 Å². The van der Waals surface area contributed by atoms with Crippen LogP contribution in [-0.2, 0) is 6.54 Å². The fourth-order valence-corrected chi connectivity index (χ4v) is 1.30. The predicted molar refractivity (Wildman–Crippen MR) is 54.0 cm³/mol. The van der Waals surface area contributed by atoms with E-state index < -0.39 is 12.7 Å². The standard InChI is InChI=1S/C10H11ClF3N/c1-7-2-3-8(4-9(7)11)5-15-6-10(12,13)14/h2-4,15H,5-6H2,1H3. The third-order valence-corrected chi connectivity index (χ3v) is 2.30. The van der Waals surface area contributed by atoms with Crippen molar-refractivity contribution < 1.29 is 13.2 Å². The third-order valence-electron chi connectivity index (χ3n) is 1.89. The molecular formula is C10H11ClF3N. The molecule has 1 N–H and O–H groups in total. The van der Waals surface area contributed by atoms with Crippen molar-refractivity contribution in [2.75, 3.05) is 6.54 Å². The summed E-state index contributed by atoms with van der Waals surface area (Å²) in [5.41, 5.74) is 1.66. The molecule has 0 aliphatic carbocycles. The first kappa shape index (κ1) is 12.3. The molecule has 0 aliphatic heterocycles. The number of alkyl halides is 3. The fourth-order valence-electron chi connectivity index (χ4n) is 1.09. The van der Waals surface area contributed by atoms with Gasteiger partial charge < -0.3 is 5.32 Å². The molecule has 1 aromatic rings. The van der Waals surface area contributed by atoms with Crippen LogP contribution in [0.1, 0.15) is 11.1 Å². The molecule has 15 heavy (non-hydrogen) atoms. The monoisotopic (exact) mass is 237 g/mol. The molecule has 0 aliphatic rings. The first-order valence-corrected chi connectivity index (χ1v) is 4.79. The number of hydrogen-bond acceptors (Lipinski definition) is 1. The average molecular weight is 238 g/mol. The van der Waals surface area contributed by atoms with Crippen LogP contribution in [0, 0.1) is 6.92 Å². The lowest BCUT2D eigenvalue weighted by atomic mass is 10.1. The summed E-state index contributed by atoms with van der Waals surface area (Å²) in [5.74, 6) is 0. The minimum Gasteiger partial charge on any atom is -0.305 e. The highest BCUT2D eigenvalue weighted by Gasteiger charge is 2.25. The van der Waals surface area contributed by atoms with Gasteiger partial charge in [-0.3, -0.25) is 0 Å². The van der Waals surface area contributed by atoms with Gasteiger partial charge in [-0.2, -0.15) is 13.2 Å². The van der Waals surface area contributed by atoms with Crippen molar-refractivity contribution in [1.29, 1.82) is 0 Å². The molecular weight excluding hydrogens is 227 g/mol. The van der Waals surface area contributed by atoms with Crippen LogP contribution in [0.25, 0.3) is 0 Å². The second-order valence-corrected chi connectivity index (χ2v) is 3.71. The first-order chi connectivity index (χ1) is 6.88. The lowest BCUT2D eigenvalue weighted by Gasteiger charge is -2.08. The Morgan fingerprint density at radius 3 is 2.53 bits per heavy atom. The van der Waals surface area contributed by atoms with E-state index in [9.17, 15) is 13.2 Å². The number of benzene rings is 1. The van der Waals surface area contributed by atoms with Crippen molar-refractivity contribution in [3.8, 4) is 0 Å². The van der Waals surface area contributed by atoms with Crippen molar-refractivity contribution in [2.24, 2.45) is 0 Å². The third kappa shape index (κ3) is 4.53. The minimum atomic E-state index is -4.17. The number of nitrogens with one attached hydrogen (secondary N) is 1. The van der Waals surface area contributed by atoms with Gasteiger partial charge in [0.1, 0.15) is 0 Å². The maximum Gasteiger partial charge on any atom is 0.401 e. The van der Waals surface area contributed by atoms with Gasteiger partial charge in [0.05, 0.1) is 6.54 Å². The molecule has 0 amide bonds. The van der Waals surface area contributed by atoms with Crippen LogP contribution < -0.4 is 5.32 Å². The highest BCUT2D eigenvalue weighted by atomic mass is 35.5. The van der Waals surface area contributed by atoms with Gasteiger partial charge in [-0.1, -0.05) is 23.7 Å². The first-order valence-electron chi connectivity index (χ1n) is 4.41. The molecule has 1 rings (SSSR count). The Labute approximate surface area is 91.2 Å². The smallest absolute Gasteiger partial charge is 0.305 e. The molecule has 0 heterocycles. The molecule has 0 saturated heterocycles. The van der Waals surface area contributed by atoms with Gasteiger partial charge in [0.15, 0.2) is 0 Å². The van der Waals surface area contributed by atoms with E-state index in [1.165, 1.54) is 0 Å². The second-order valence-electron chi connectivity index (χ2n) is 3.30. The van der Waals surface area contributed by atoms with Gasteiger partial charge in [0.2, 0.25) is 0 Å². The van der Waals surface area contributed by atoms with Gasteiger partial charge in [-0.05, 0) is 24.1 Å². The van der Waals surface area contributed by atoms with Crippen LogP contribution in [-0.4, -0.2) is 12.7 Å². The molecule has 0 bridgehead atoms. The van der Waals surface area contributed by atoms with E-state index in [4.69, 9.17) is 11.6 Å². The summed E-state index contributed by atoms with van der Waals surface area (Å²) in [4.78, 5) is 0. The van der Waals surface area contributed by atoms with Crippen molar-refractivity contribution in [3.63, 3.8) is 0 Å². The Kier molecular flexibility index (Phi) is 3.99. The quantitative estimate of drug-likeness (QED) is 0.851. The molecule has 5 heteroatoms. The molecule has 0 unspecified atom stereocenters. The van der Waals surface area contributed by atoms with Gasteiger partial charge in [0.25, 0.3) is 0 Å².